The number of nitrogens with one attached hydrogen (secondary N) is 2. The largest absolute Gasteiger partial charge is 0.280 e. The Morgan fingerprint density at radius 3 is 2.81 bits per heavy atom. The van der Waals surface area contributed by atoms with E-state index in [0.29, 0.717) is 24.5 Å². The Morgan fingerprint density at radius 1 is 1.50 bits per heavy atom. The number of aromatic nitrogens is 2. The molecule has 0 atom stereocenters. The molecule has 16 heavy (non-hydrogen) atoms. The number of alkyl halides is 1. The summed E-state index contributed by atoms with van der Waals surface area (Å²) in [6, 6.07) is 1.69. The number of unbranched alkanes of at least 4 members (excludes halogenated alkanes) is 1. The van der Waals surface area contributed by atoms with Gasteiger partial charge in [0.15, 0.2) is 5.82 Å². The van der Waals surface area contributed by atoms with Crippen LogP contribution in [-0.2, 0) is 16.4 Å². The van der Waals surface area contributed by atoms with E-state index in [2.05, 4.69) is 14.9 Å². The van der Waals surface area contributed by atoms with Gasteiger partial charge in [0.1, 0.15) is 0 Å². The van der Waals surface area contributed by atoms with Gasteiger partial charge in [-0.3, -0.25) is 9.82 Å². The number of nitrogens with zero attached hydrogens (tertiary/aromatic N) is 1. The van der Waals surface area contributed by atoms with Crippen molar-refractivity contribution in [2.45, 2.75) is 26.2 Å². The van der Waals surface area contributed by atoms with Crippen LogP contribution in [0, 0.1) is 0 Å². The van der Waals surface area contributed by atoms with Crippen molar-refractivity contribution in [3.63, 3.8) is 0 Å². The Bertz CT molecular complexity index is 416. The summed E-state index contributed by atoms with van der Waals surface area (Å²) in [7, 11) is -3.29. The Labute approximate surface area is 101 Å². The Balaban J connectivity index is 2.51. The van der Waals surface area contributed by atoms with E-state index in [1.807, 2.05) is 6.92 Å². The molecule has 0 fully saturated rings. The summed E-state index contributed by atoms with van der Waals surface area (Å²) in [4.78, 5) is 0. The lowest BCUT2D eigenvalue weighted by Crippen LogP contribution is -2.17. The van der Waals surface area contributed by atoms with Gasteiger partial charge < -0.3 is 0 Å². The van der Waals surface area contributed by atoms with Crippen LogP contribution in [0.2, 0.25) is 0 Å². The lowest BCUT2D eigenvalue weighted by atomic mass is 10.3. The summed E-state index contributed by atoms with van der Waals surface area (Å²) in [5, 5.41) is 6.61. The Morgan fingerprint density at radius 2 is 2.25 bits per heavy atom. The van der Waals surface area contributed by atoms with Crippen molar-refractivity contribution in [1.29, 1.82) is 0 Å². The van der Waals surface area contributed by atoms with Crippen molar-refractivity contribution in [3.8, 4) is 0 Å². The number of aryl methyl sites for hydroxylation is 1. The molecule has 0 amide bonds. The molecule has 2 N–H and O–H groups in total. The minimum absolute atomic E-state index is 0.0774. The molecular weight excluding hydrogens is 250 g/mol. The highest BCUT2D eigenvalue weighted by Crippen LogP contribution is 2.09. The molecule has 1 heterocycles. The van der Waals surface area contributed by atoms with E-state index < -0.39 is 10.0 Å². The second-order valence-electron chi connectivity index (χ2n) is 3.45. The molecule has 92 valence electrons. The normalized spacial score (nSPS) is 11.6. The lowest BCUT2D eigenvalue weighted by Gasteiger charge is -2.03. The fraction of sp³-hybridized carbons (Fsp3) is 0.667. The van der Waals surface area contributed by atoms with E-state index in [1.165, 1.54) is 0 Å². The lowest BCUT2D eigenvalue weighted by molar-refractivity contribution is 0.598. The highest BCUT2D eigenvalue weighted by Gasteiger charge is 2.11. The highest BCUT2D eigenvalue weighted by molar-refractivity contribution is 7.92. The zero-order chi connectivity index (χ0) is 12.0. The molecular formula is C9H16ClN3O2S. The molecule has 1 aromatic heterocycles. The molecule has 0 aliphatic heterocycles. The average Bonchev–Trinajstić information content (AvgIpc) is 2.65. The third-order valence-electron chi connectivity index (χ3n) is 2.07. The number of hydrogen-bond acceptors (Lipinski definition) is 3. The Hall–Kier alpha value is -0.750. The zero-order valence-electron chi connectivity index (χ0n) is 9.16. The zero-order valence-corrected chi connectivity index (χ0v) is 10.7. The van der Waals surface area contributed by atoms with Crippen molar-refractivity contribution in [3.05, 3.63) is 11.8 Å². The minimum atomic E-state index is -3.29. The van der Waals surface area contributed by atoms with Crippen LogP contribution in [0.1, 0.15) is 25.5 Å². The number of hydrogen-bond donors (Lipinski definition) is 2. The van der Waals surface area contributed by atoms with Gasteiger partial charge in [-0.1, -0.05) is 6.92 Å². The van der Waals surface area contributed by atoms with Crippen LogP contribution >= 0.6 is 11.6 Å². The van der Waals surface area contributed by atoms with E-state index in [9.17, 15) is 8.42 Å². The molecule has 5 nitrogen and oxygen atoms in total. The van der Waals surface area contributed by atoms with Crippen LogP contribution in [0.15, 0.2) is 6.07 Å². The van der Waals surface area contributed by atoms with Crippen LogP contribution in [-0.4, -0.2) is 30.2 Å². The standard InChI is InChI=1S/C9H16ClN3O2S/c1-2-8-7-9(12-11-8)13-16(14,15)6-4-3-5-10/h7H,2-6H2,1H3,(H2,11,12,13). The molecule has 1 aromatic rings. The SMILES string of the molecule is CCc1cc(NS(=O)(=O)CCCCCl)n[nH]1. The van der Waals surface area contributed by atoms with Gasteiger partial charge in [0.25, 0.3) is 0 Å². The summed E-state index contributed by atoms with van der Waals surface area (Å²) in [6.45, 7) is 1.96. The number of rotatable bonds is 7. The summed E-state index contributed by atoms with van der Waals surface area (Å²) in [5.41, 5.74) is 0.901. The van der Waals surface area contributed by atoms with Crippen molar-refractivity contribution in [2.75, 3.05) is 16.4 Å². The van der Waals surface area contributed by atoms with Gasteiger partial charge in [-0.2, -0.15) is 5.10 Å². The average molecular weight is 266 g/mol. The predicted octanol–water partition coefficient (Wildman–Crippen LogP) is 1.73. The third kappa shape index (κ3) is 4.40. The molecule has 0 radical (unpaired) electrons. The minimum Gasteiger partial charge on any atom is -0.280 e. The number of halogens is 1. The fourth-order valence-corrected chi connectivity index (χ4v) is 2.49. The van der Waals surface area contributed by atoms with E-state index in [4.69, 9.17) is 11.6 Å². The number of H-pyrrole nitrogens is 1. The second kappa shape index (κ2) is 6.10. The number of sulfonamides is 1. The monoisotopic (exact) mass is 265 g/mol. The molecule has 0 unspecified atom stereocenters. The van der Waals surface area contributed by atoms with Crippen LogP contribution < -0.4 is 4.72 Å². The molecule has 0 bridgehead atoms. The van der Waals surface area contributed by atoms with Gasteiger partial charge in [-0.15, -0.1) is 11.6 Å². The van der Waals surface area contributed by atoms with Crippen molar-refractivity contribution in [1.82, 2.24) is 10.2 Å². The van der Waals surface area contributed by atoms with Gasteiger partial charge >= 0.3 is 0 Å². The van der Waals surface area contributed by atoms with Crippen molar-refractivity contribution >= 4 is 27.4 Å². The highest BCUT2D eigenvalue weighted by atomic mass is 35.5. The van der Waals surface area contributed by atoms with Crippen LogP contribution in [0.5, 0.6) is 0 Å². The van der Waals surface area contributed by atoms with Gasteiger partial charge in [0.05, 0.1) is 5.75 Å². The van der Waals surface area contributed by atoms with Crippen molar-refractivity contribution in [2.24, 2.45) is 0 Å². The van der Waals surface area contributed by atoms with Crippen LogP contribution in [0.4, 0.5) is 5.82 Å². The van der Waals surface area contributed by atoms with E-state index in [1.54, 1.807) is 6.07 Å². The van der Waals surface area contributed by atoms with E-state index in [0.717, 1.165) is 12.1 Å². The van der Waals surface area contributed by atoms with Crippen molar-refractivity contribution < 1.29 is 8.42 Å². The first kappa shape index (κ1) is 13.3. The first-order valence-electron chi connectivity index (χ1n) is 5.18. The van der Waals surface area contributed by atoms with Crippen LogP contribution in [0.25, 0.3) is 0 Å². The topological polar surface area (TPSA) is 74.8 Å². The molecule has 1 rings (SSSR count). The molecule has 0 saturated heterocycles. The fourth-order valence-electron chi connectivity index (χ4n) is 1.19. The summed E-state index contributed by atoms with van der Waals surface area (Å²) in [5.74, 6) is 0.911. The Kier molecular flexibility index (Phi) is 5.08. The molecule has 0 saturated carbocycles. The number of anilines is 1. The molecule has 0 aromatic carbocycles. The smallest absolute Gasteiger partial charge is 0.233 e. The maximum absolute atomic E-state index is 11.6. The van der Waals surface area contributed by atoms with Gasteiger partial charge in [-0.25, -0.2) is 8.42 Å². The first-order chi connectivity index (χ1) is 7.57. The molecule has 0 aliphatic rings. The van der Waals surface area contributed by atoms with Crippen LogP contribution in [0.3, 0.4) is 0 Å². The second-order valence-corrected chi connectivity index (χ2v) is 5.67. The van der Waals surface area contributed by atoms with Gasteiger partial charge in [0, 0.05) is 17.6 Å². The first-order valence-corrected chi connectivity index (χ1v) is 7.37. The van der Waals surface area contributed by atoms with E-state index >= 15 is 0 Å². The predicted molar refractivity (Wildman–Crippen MR) is 65.3 cm³/mol. The van der Waals surface area contributed by atoms with Gasteiger partial charge in [0.2, 0.25) is 10.0 Å². The summed E-state index contributed by atoms with van der Waals surface area (Å²) < 4.78 is 25.5. The molecule has 7 heteroatoms. The van der Waals surface area contributed by atoms with E-state index in [-0.39, 0.29) is 5.75 Å². The maximum atomic E-state index is 11.6. The quantitative estimate of drug-likeness (QED) is 0.582. The number of aromatic amines is 1. The summed E-state index contributed by atoms with van der Waals surface area (Å²) >= 11 is 5.48. The molecule has 0 spiro atoms. The van der Waals surface area contributed by atoms with Gasteiger partial charge in [-0.05, 0) is 19.3 Å². The summed E-state index contributed by atoms with van der Waals surface area (Å²) in [6.07, 6.45) is 2.05. The molecule has 0 aliphatic carbocycles. The third-order valence-corrected chi connectivity index (χ3v) is 3.68. The maximum Gasteiger partial charge on any atom is 0.233 e.